The van der Waals surface area contributed by atoms with Crippen molar-refractivity contribution in [2.45, 2.75) is 31.8 Å². The van der Waals surface area contributed by atoms with Gasteiger partial charge in [0.15, 0.2) is 0 Å². The average Bonchev–Trinajstić information content (AvgIpc) is 2.58. The van der Waals surface area contributed by atoms with E-state index in [2.05, 4.69) is 21.2 Å². The van der Waals surface area contributed by atoms with E-state index in [1.807, 2.05) is 39.0 Å². The molecule has 6 heteroatoms. The number of para-hydroxylation sites is 1. The molecule has 0 saturated carbocycles. The molecule has 1 saturated heterocycles. The SMILES string of the molecule is CC(C)(C)OC(=O)N1CC2(C1)C(=O)Nc1c(Br)cccc12. The molecule has 21 heavy (non-hydrogen) atoms. The van der Waals surface area contributed by atoms with Crippen molar-refractivity contribution >= 4 is 33.6 Å². The Bertz CT molecular complexity index is 630. The predicted octanol–water partition coefficient (Wildman–Crippen LogP) is 2.89. The van der Waals surface area contributed by atoms with Gasteiger partial charge in [-0.25, -0.2) is 4.79 Å². The number of rotatable bonds is 0. The first-order valence-corrected chi connectivity index (χ1v) is 7.61. The van der Waals surface area contributed by atoms with Crippen molar-refractivity contribution < 1.29 is 14.3 Å². The zero-order valence-electron chi connectivity index (χ0n) is 12.2. The minimum atomic E-state index is -0.629. The van der Waals surface area contributed by atoms with Crippen LogP contribution in [0.3, 0.4) is 0 Å². The van der Waals surface area contributed by atoms with E-state index in [1.165, 1.54) is 0 Å². The van der Waals surface area contributed by atoms with Crippen LogP contribution in [0.1, 0.15) is 26.3 Å². The van der Waals surface area contributed by atoms with Gasteiger partial charge in [-0.3, -0.25) is 4.79 Å². The van der Waals surface area contributed by atoms with Gasteiger partial charge < -0.3 is 15.0 Å². The summed E-state index contributed by atoms with van der Waals surface area (Å²) < 4.78 is 6.20. The van der Waals surface area contributed by atoms with Crippen molar-refractivity contribution in [2.75, 3.05) is 18.4 Å². The van der Waals surface area contributed by atoms with E-state index in [0.29, 0.717) is 13.1 Å². The zero-order chi connectivity index (χ0) is 15.4. The number of anilines is 1. The lowest BCUT2D eigenvalue weighted by Crippen LogP contribution is -2.64. The quantitative estimate of drug-likeness (QED) is 0.780. The molecule has 2 amide bonds. The molecular weight excluding hydrogens is 336 g/mol. The molecule has 0 atom stereocenters. The number of hydrogen-bond acceptors (Lipinski definition) is 3. The molecular formula is C15H17BrN2O3. The van der Waals surface area contributed by atoms with Gasteiger partial charge in [-0.1, -0.05) is 12.1 Å². The normalized spacial score (nSPS) is 19.0. The van der Waals surface area contributed by atoms with Crippen molar-refractivity contribution in [1.29, 1.82) is 0 Å². The first-order valence-electron chi connectivity index (χ1n) is 6.81. The lowest BCUT2D eigenvalue weighted by Gasteiger charge is -2.46. The molecule has 3 rings (SSSR count). The average molecular weight is 353 g/mol. The van der Waals surface area contributed by atoms with Crippen molar-refractivity contribution in [3.63, 3.8) is 0 Å². The Labute approximate surface area is 131 Å². The van der Waals surface area contributed by atoms with Gasteiger partial charge in [-0.05, 0) is 48.3 Å². The summed E-state index contributed by atoms with van der Waals surface area (Å²) in [7, 11) is 0. The molecule has 112 valence electrons. The van der Waals surface area contributed by atoms with Crippen LogP contribution in [0.25, 0.3) is 0 Å². The van der Waals surface area contributed by atoms with Crippen LogP contribution in [-0.4, -0.2) is 35.6 Å². The molecule has 0 radical (unpaired) electrons. The monoisotopic (exact) mass is 352 g/mol. The van der Waals surface area contributed by atoms with Gasteiger partial charge in [-0.15, -0.1) is 0 Å². The molecule has 1 aromatic carbocycles. The fraction of sp³-hybridized carbons (Fsp3) is 0.467. The van der Waals surface area contributed by atoms with Crippen molar-refractivity contribution in [3.05, 3.63) is 28.2 Å². The Morgan fingerprint density at radius 1 is 1.38 bits per heavy atom. The van der Waals surface area contributed by atoms with E-state index in [0.717, 1.165) is 15.7 Å². The maximum Gasteiger partial charge on any atom is 0.410 e. The molecule has 5 nitrogen and oxygen atoms in total. The maximum absolute atomic E-state index is 12.3. The Hall–Kier alpha value is -1.56. The van der Waals surface area contributed by atoms with Crippen molar-refractivity contribution in [2.24, 2.45) is 0 Å². The second-order valence-electron chi connectivity index (χ2n) is 6.54. The molecule has 1 aromatic rings. The van der Waals surface area contributed by atoms with Gasteiger partial charge in [0.05, 0.1) is 5.69 Å². The summed E-state index contributed by atoms with van der Waals surface area (Å²) in [5.41, 5.74) is 0.599. The lowest BCUT2D eigenvalue weighted by atomic mass is 9.75. The molecule has 1 fully saturated rings. The summed E-state index contributed by atoms with van der Waals surface area (Å²) in [4.78, 5) is 25.9. The van der Waals surface area contributed by atoms with E-state index in [1.54, 1.807) is 4.90 Å². The van der Waals surface area contributed by atoms with Crippen molar-refractivity contribution in [3.8, 4) is 0 Å². The van der Waals surface area contributed by atoms with Gasteiger partial charge in [0.25, 0.3) is 0 Å². The third kappa shape index (κ3) is 2.21. The molecule has 0 unspecified atom stereocenters. The number of likely N-dealkylation sites (tertiary alicyclic amines) is 1. The molecule has 2 heterocycles. The van der Waals surface area contributed by atoms with E-state index in [9.17, 15) is 9.59 Å². The molecule has 0 aliphatic carbocycles. The van der Waals surface area contributed by atoms with Crippen LogP contribution in [0.4, 0.5) is 10.5 Å². The summed E-state index contributed by atoms with van der Waals surface area (Å²) in [6.45, 7) is 6.20. The van der Waals surface area contributed by atoms with Crippen LogP contribution in [0.2, 0.25) is 0 Å². The molecule has 0 bridgehead atoms. The molecule has 1 N–H and O–H groups in total. The number of nitrogens with zero attached hydrogens (tertiary/aromatic N) is 1. The van der Waals surface area contributed by atoms with Gasteiger partial charge in [0.1, 0.15) is 11.0 Å². The fourth-order valence-corrected chi connectivity index (χ4v) is 3.25. The third-order valence-corrected chi connectivity index (χ3v) is 4.44. The van der Waals surface area contributed by atoms with E-state index in [4.69, 9.17) is 4.74 Å². The van der Waals surface area contributed by atoms with Gasteiger partial charge >= 0.3 is 6.09 Å². The molecule has 2 aliphatic rings. The first-order chi connectivity index (χ1) is 9.73. The van der Waals surface area contributed by atoms with Gasteiger partial charge in [0, 0.05) is 17.6 Å². The number of carbonyl (C=O) groups excluding carboxylic acids is 2. The number of benzene rings is 1. The summed E-state index contributed by atoms with van der Waals surface area (Å²) in [6.07, 6.45) is -0.371. The molecule has 2 aliphatic heterocycles. The van der Waals surface area contributed by atoms with Crippen LogP contribution in [0.5, 0.6) is 0 Å². The van der Waals surface area contributed by atoms with E-state index >= 15 is 0 Å². The largest absolute Gasteiger partial charge is 0.444 e. The highest BCUT2D eigenvalue weighted by Gasteiger charge is 2.57. The lowest BCUT2D eigenvalue weighted by molar-refractivity contribution is -0.126. The number of amides is 2. The molecule has 1 spiro atoms. The second-order valence-corrected chi connectivity index (χ2v) is 7.39. The minimum Gasteiger partial charge on any atom is -0.444 e. The van der Waals surface area contributed by atoms with Gasteiger partial charge in [-0.2, -0.15) is 0 Å². The highest BCUT2D eigenvalue weighted by molar-refractivity contribution is 9.10. The number of ether oxygens (including phenoxy) is 1. The molecule has 0 aromatic heterocycles. The number of halogens is 1. The standard InChI is InChI=1S/C15H17BrN2O3/c1-14(2,3)21-13(20)18-7-15(8-18)9-5-4-6-10(16)11(9)17-12(15)19/h4-6H,7-8H2,1-3H3,(H,17,19). The smallest absolute Gasteiger partial charge is 0.410 e. The van der Waals surface area contributed by atoms with Crippen LogP contribution >= 0.6 is 15.9 Å². The Morgan fingerprint density at radius 2 is 2.05 bits per heavy atom. The van der Waals surface area contributed by atoms with Crippen LogP contribution in [0.15, 0.2) is 22.7 Å². The highest BCUT2D eigenvalue weighted by Crippen LogP contribution is 2.47. The van der Waals surface area contributed by atoms with Crippen LogP contribution < -0.4 is 5.32 Å². The summed E-state index contributed by atoms with van der Waals surface area (Å²) in [5, 5.41) is 2.90. The Morgan fingerprint density at radius 3 is 2.67 bits per heavy atom. The number of nitrogens with one attached hydrogen (secondary N) is 1. The van der Waals surface area contributed by atoms with E-state index in [-0.39, 0.29) is 12.0 Å². The highest BCUT2D eigenvalue weighted by atomic mass is 79.9. The van der Waals surface area contributed by atoms with Gasteiger partial charge in [0.2, 0.25) is 5.91 Å². The minimum absolute atomic E-state index is 0.0517. The number of carbonyl (C=O) groups is 2. The Kier molecular flexibility index (Phi) is 3.06. The first kappa shape index (κ1) is 14.4. The summed E-state index contributed by atoms with van der Waals surface area (Å²) >= 11 is 3.44. The van der Waals surface area contributed by atoms with Crippen molar-refractivity contribution in [1.82, 2.24) is 4.90 Å². The second kappa shape index (κ2) is 4.47. The number of hydrogen-bond donors (Lipinski definition) is 1. The summed E-state index contributed by atoms with van der Waals surface area (Å²) in [5.74, 6) is -0.0517. The van der Waals surface area contributed by atoms with Crippen LogP contribution in [-0.2, 0) is 14.9 Å². The summed E-state index contributed by atoms with van der Waals surface area (Å²) in [6, 6.07) is 5.73. The Balaban J connectivity index is 1.80. The zero-order valence-corrected chi connectivity index (χ0v) is 13.8. The fourth-order valence-electron chi connectivity index (χ4n) is 2.78. The topological polar surface area (TPSA) is 58.6 Å². The third-order valence-electron chi connectivity index (χ3n) is 3.78. The van der Waals surface area contributed by atoms with Crippen LogP contribution in [0, 0.1) is 0 Å². The maximum atomic E-state index is 12.3. The number of fused-ring (bicyclic) bond motifs is 2. The predicted molar refractivity (Wildman–Crippen MR) is 82.3 cm³/mol. The van der Waals surface area contributed by atoms with E-state index < -0.39 is 11.0 Å².